The van der Waals surface area contributed by atoms with Gasteiger partial charge in [0.15, 0.2) is 0 Å². The Morgan fingerprint density at radius 2 is 2.24 bits per heavy atom. The molecule has 0 aliphatic rings. The number of nitrogens with zero attached hydrogens (tertiary/aromatic N) is 2. The Labute approximate surface area is 128 Å². The van der Waals surface area contributed by atoms with Crippen LogP contribution in [-0.4, -0.2) is 21.4 Å². The van der Waals surface area contributed by atoms with Crippen molar-refractivity contribution in [1.29, 1.82) is 0 Å². The van der Waals surface area contributed by atoms with E-state index in [9.17, 15) is 4.79 Å². The van der Waals surface area contributed by atoms with Crippen molar-refractivity contribution in [2.75, 3.05) is 16.8 Å². The predicted molar refractivity (Wildman–Crippen MR) is 87.4 cm³/mol. The number of carbonyl (C=O) groups is 1. The zero-order chi connectivity index (χ0) is 15.2. The van der Waals surface area contributed by atoms with E-state index >= 15 is 0 Å². The van der Waals surface area contributed by atoms with Gasteiger partial charge in [0.05, 0.1) is 10.7 Å². The van der Waals surface area contributed by atoms with Crippen molar-refractivity contribution in [3.63, 3.8) is 0 Å². The van der Waals surface area contributed by atoms with Gasteiger partial charge in [-0.1, -0.05) is 6.07 Å². The fourth-order valence-electron chi connectivity index (χ4n) is 1.97. The number of aryl methyl sites for hydroxylation is 2. The van der Waals surface area contributed by atoms with Crippen molar-refractivity contribution in [3.05, 3.63) is 36.0 Å². The van der Waals surface area contributed by atoms with Gasteiger partial charge in [0.1, 0.15) is 0 Å². The molecule has 3 N–H and O–H groups in total. The Morgan fingerprint density at radius 1 is 1.43 bits per heavy atom. The second-order valence-electron chi connectivity index (χ2n) is 4.87. The Bertz CT molecular complexity index is 624. The summed E-state index contributed by atoms with van der Waals surface area (Å²) in [6.07, 6.45) is 1.32. The van der Waals surface area contributed by atoms with Crippen molar-refractivity contribution < 1.29 is 4.79 Å². The fraction of sp³-hybridized carbons (Fsp3) is 0.333. The van der Waals surface area contributed by atoms with Crippen LogP contribution in [-0.2, 0) is 11.8 Å². The van der Waals surface area contributed by atoms with E-state index < -0.39 is 0 Å². The Hall–Kier alpha value is -1.95. The van der Waals surface area contributed by atoms with Crippen molar-refractivity contribution in [2.45, 2.75) is 24.8 Å². The molecule has 0 aliphatic carbocycles. The third kappa shape index (κ3) is 4.82. The van der Waals surface area contributed by atoms with Crippen LogP contribution in [0.4, 0.5) is 11.4 Å². The maximum absolute atomic E-state index is 11.8. The SMILES string of the molecule is Cc1cc(SCCCC(=O)Nc2cccc(N)c2)n(C)n1. The van der Waals surface area contributed by atoms with Crippen LogP contribution in [0, 0.1) is 6.92 Å². The lowest BCUT2D eigenvalue weighted by Gasteiger charge is -2.06. The Balaban J connectivity index is 1.71. The smallest absolute Gasteiger partial charge is 0.224 e. The van der Waals surface area contributed by atoms with E-state index in [4.69, 9.17) is 5.73 Å². The number of amides is 1. The standard InChI is InChI=1S/C15H20N4OS/c1-11-9-15(19(2)18-11)21-8-4-7-14(20)17-13-6-3-5-12(16)10-13/h3,5-6,9-10H,4,7-8,16H2,1-2H3,(H,17,20). The zero-order valence-corrected chi connectivity index (χ0v) is 13.1. The largest absolute Gasteiger partial charge is 0.399 e. The number of anilines is 2. The Morgan fingerprint density at radius 3 is 2.90 bits per heavy atom. The summed E-state index contributed by atoms with van der Waals surface area (Å²) in [5.41, 5.74) is 8.08. The minimum absolute atomic E-state index is 0.0161. The first kappa shape index (κ1) is 15.4. The number of aromatic nitrogens is 2. The van der Waals surface area contributed by atoms with Gasteiger partial charge in [0, 0.05) is 24.8 Å². The number of nitrogens with two attached hydrogens (primary N) is 1. The first-order valence-electron chi connectivity index (χ1n) is 6.83. The number of nitrogen functional groups attached to an aromatic ring is 1. The molecule has 1 amide bonds. The van der Waals surface area contributed by atoms with Crippen LogP contribution in [0.5, 0.6) is 0 Å². The fourth-order valence-corrected chi connectivity index (χ4v) is 2.95. The van der Waals surface area contributed by atoms with Crippen LogP contribution < -0.4 is 11.1 Å². The summed E-state index contributed by atoms with van der Waals surface area (Å²) < 4.78 is 1.87. The topological polar surface area (TPSA) is 72.9 Å². The van der Waals surface area contributed by atoms with Gasteiger partial charge in [-0.3, -0.25) is 9.48 Å². The summed E-state index contributed by atoms with van der Waals surface area (Å²) in [5.74, 6) is 0.908. The zero-order valence-electron chi connectivity index (χ0n) is 12.3. The molecule has 6 heteroatoms. The monoisotopic (exact) mass is 304 g/mol. The average Bonchev–Trinajstić information content (AvgIpc) is 2.73. The van der Waals surface area contributed by atoms with Crippen LogP contribution in [0.25, 0.3) is 0 Å². The third-order valence-electron chi connectivity index (χ3n) is 2.93. The van der Waals surface area contributed by atoms with Gasteiger partial charge < -0.3 is 11.1 Å². The van der Waals surface area contributed by atoms with E-state index in [1.807, 2.05) is 30.8 Å². The minimum atomic E-state index is 0.0161. The van der Waals surface area contributed by atoms with Crippen LogP contribution in [0.15, 0.2) is 35.4 Å². The highest BCUT2D eigenvalue weighted by Crippen LogP contribution is 2.19. The Kier molecular flexibility index (Phi) is 5.27. The molecule has 0 saturated carbocycles. The number of hydrogen-bond donors (Lipinski definition) is 2. The molecular formula is C15H20N4OS. The van der Waals surface area contributed by atoms with Gasteiger partial charge in [-0.25, -0.2) is 0 Å². The summed E-state index contributed by atoms with van der Waals surface area (Å²) in [4.78, 5) is 11.8. The van der Waals surface area contributed by atoms with Gasteiger partial charge in [0.25, 0.3) is 0 Å². The number of nitrogens with one attached hydrogen (secondary N) is 1. The van der Waals surface area contributed by atoms with E-state index in [1.54, 1.807) is 23.9 Å². The number of thioether (sulfide) groups is 1. The van der Waals surface area contributed by atoms with Crippen molar-refractivity contribution >= 4 is 29.0 Å². The summed E-state index contributed by atoms with van der Waals surface area (Å²) in [7, 11) is 1.93. The maximum atomic E-state index is 11.8. The van der Waals surface area contributed by atoms with E-state index in [0.29, 0.717) is 12.1 Å². The van der Waals surface area contributed by atoms with Gasteiger partial charge in [0.2, 0.25) is 5.91 Å². The van der Waals surface area contributed by atoms with E-state index in [1.165, 1.54) is 0 Å². The first-order valence-corrected chi connectivity index (χ1v) is 7.82. The molecule has 0 aliphatic heterocycles. The van der Waals surface area contributed by atoms with E-state index in [0.717, 1.165) is 28.6 Å². The third-order valence-corrected chi connectivity index (χ3v) is 4.10. The molecule has 0 spiro atoms. The molecule has 112 valence electrons. The lowest BCUT2D eigenvalue weighted by Crippen LogP contribution is -2.11. The lowest BCUT2D eigenvalue weighted by molar-refractivity contribution is -0.116. The molecule has 1 heterocycles. The normalized spacial score (nSPS) is 10.6. The van der Waals surface area contributed by atoms with Gasteiger partial charge in [-0.05, 0) is 43.4 Å². The van der Waals surface area contributed by atoms with Crippen LogP contribution >= 0.6 is 11.8 Å². The molecule has 5 nitrogen and oxygen atoms in total. The number of rotatable bonds is 6. The van der Waals surface area contributed by atoms with E-state index in [2.05, 4.69) is 16.5 Å². The molecule has 0 radical (unpaired) electrons. The molecule has 0 unspecified atom stereocenters. The van der Waals surface area contributed by atoms with Crippen LogP contribution in [0.2, 0.25) is 0 Å². The van der Waals surface area contributed by atoms with Crippen LogP contribution in [0.1, 0.15) is 18.5 Å². The molecule has 2 rings (SSSR count). The summed E-state index contributed by atoms with van der Waals surface area (Å²) in [5, 5.41) is 8.27. The molecular weight excluding hydrogens is 284 g/mol. The quantitative estimate of drug-likeness (QED) is 0.489. The number of hydrogen-bond acceptors (Lipinski definition) is 4. The molecule has 21 heavy (non-hydrogen) atoms. The minimum Gasteiger partial charge on any atom is -0.399 e. The summed E-state index contributed by atoms with van der Waals surface area (Å²) in [6, 6.07) is 9.26. The van der Waals surface area contributed by atoms with Crippen molar-refractivity contribution in [1.82, 2.24) is 9.78 Å². The number of benzene rings is 1. The van der Waals surface area contributed by atoms with Crippen LogP contribution in [0.3, 0.4) is 0 Å². The molecule has 0 atom stereocenters. The van der Waals surface area contributed by atoms with Crippen molar-refractivity contribution in [2.24, 2.45) is 7.05 Å². The second kappa shape index (κ2) is 7.17. The average molecular weight is 304 g/mol. The molecule has 0 fully saturated rings. The highest BCUT2D eigenvalue weighted by molar-refractivity contribution is 7.99. The summed E-state index contributed by atoms with van der Waals surface area (Å²) in [6.45, 7) is 1.98. The van der Waals surface area contributed by atoms with Gasteiger partial charge >= 0.3 is 0 Å². The van der Waals surface area contributed by atoms with Gasteiger partial charge in [-0.2, -0.15) is 5.10 Å². The second-order valence-corrected chi connectivity index (χ2v) is 5.99. The van der Waals surface area contributed by atoms with Crippen molar-refractivity contribution in [3.8, 4) is 0 Å². The maximum Gasteiger partial charge on any atom is 0.224 e. The highest BCUT2D eigenvalue weighted by Gasteiger charge is 2.05. The molecule has 2 aromatic rings. The molecule has 0 bridgehead atoms. The number of carbonyl (C=O) groups excluding carboxylic acids is 1. The summed E-state index contributed by atoms with van der Waals surface area (Å²) >= 11 is 1.72. The first-order chi connectivity index (χ1) is 10.0. The molecule has 1 aromatic carbocycles. The van der Waals surface area contributed by atoms with E-state index in [-0.39, 0.29) is 5.91 Å². The molecule has 1 aromatic heterocycles. The highest BCUT2D eigenvalue weighted by atomic mass is 32.2. The molecule has 0 saturated heterocycles. The lowest BCUT2D eigenvalue weighted by atomic mass is 10.2. The van der Waals surface area contributed by atoms with Gasteiger partial charge in [-0.15, -0.1) is 11.8 Å². The predicted octanol–water partition coefficient (Wildman–Crippen LogP) is 2.82.